The number of para-hydroxylation sites is 1. The van der Waals surface area contributed by atoms with Gasteiger partial charge in [0, 0.05) is 13.1 Å². The number of rotatable bonds is 7. The molecule has 0 radical (unpaired) electrons. The van der Waals surface area contributed by atoms with Gasteiger partial charge >= 0.3 is 0 Å². The van der Waals surface area contributed by atoms with Gasteiger partial charge in [0.25, 0.3) is 5.91 Å². The van der Waals surface area contributed by atoms with Crippen LogP contribution in [0.15, 0.2) is 60.2 Å². The third kappa shape index (κ3) is 5.35. The topological polar surface area (TPSA) is 62.6 Å². The first-order valence-electron chi connectivity index (χ1n) is 9.08. The second-order valence-corrected chi connectivity index (χ2v) is 6.25. The lowest BCUT2D eigenvalue weighted by Crippen LogP contribution is -2.28. The Hall–Kier alpha value is -3.26. The van der Waals surface area contributed by atoms with Crippen LogP contribution in [0.3, 0.4) is 0 Å². The molecule has 0 unspecified atom stereocenters. The number of benzene rings is 2. The predicted molar refractivity (Wildman–Crippen MR) is 103 cm³/mol. The number of carbonyl (C=O) groups is 1. The quantitative estimate of drug-likeness (QED) is 0.428. The third-order valence-electron chi connectivity index (χ3n) is 4.30. The molecule has 1 aliphatic rings. The molecule has 0 spiro atoms. The van der Waals surface area contributed by atoms with E-state index in [2.05, 4.69) is 0 Å². The molecule has 2 aromatic carbocycles. The Bertz CT molecular complexity index is 817. The van der Waals surface area contributed by atoms with Gasteiger partial charge in [-0.25, -0.2) is 0 Å². The van der Waals surface area contributed by atoms with Crippen molar-refractivity contribution in [2.75, 3.05) is 26.3 Å². The highest BCUT2D eigenvalue weighted by Gasteiger charge is 2.21. The van der Waals surface area contributed by atoms with Gasteiger partial charge in [0.2, 0.25) is 0 Å². The van der Waals surface area contributed by atoms with Crippen molar-refractivity contribution in [3.63, 3.8) is 0 Å². The number of likely N-dealkylation sites (tertiary alicyclic amines) is 1. The largest absolute Gasteiger partial charge is 0.490 e. The smallest absolute Gasteiger partial charge is 0.264 e. The second kappa shape index (κ2) is 9.44. The molecule has 0 aliphatic carbocycles. The van der Waals surface area contributed by atoms with Crippen LogP contribution in [0.2, 0.25) is 0 Å². The number of carbonyl (C=O) groups excluding carboxylic acids is 1. The highest BCUT2D eigenvalue weighted by molar-refractivity contribution is 6.01. The first kappa shape index (κ1) is 18.5. The minimum absolute atomic E-state index is 0.168. The molecule has 0 aromatic heterocycles. The van der Waals surface area contributed by atoms with Crippen molar-refractivity contribution in [1.82, 2.24) is 4.90 Å². The van der Waals surface area contributed by atoms with E-state index >= 15 is 0 Å². The Labute approximate surface area is 159 Å². The van der Waals surface area contributed by atoms with E-state index < -0.39 is 0 Å². The van der Waals surface area contributed by atoms with E-state index in [1.54, 1.807) is 11.0 Å². The fourth-order valence-electron chi connectivity index (χ4n) is 2.90. The minimum atomic E-state index is -0.187. The molecule has 2 aromatic rings. The SMILES string of the molecule is N#CC(=Cc1ccc(OCCOc2ccccc2)cc1)C(=O)N1CCCC1. The van der Waals surface area contributed by atoms with E-state index in [0.29, 0.717) is 19.0 Å². The molecular weight excluding hydrogens is 340 g/mol. The zero-order valence-corrected chi connectivity index (χ0v) is 15.1. The maximum atomic E-state index is 12.3. The van der Waals surface area contributed by atoms with Crippen molar-refractivity contribution in [2.45, 2.75) is 12.8 Å². The molecule has 1 fully saturated rings. The number of ether oxygens (including phenoxy) is 2. The molecule has 138 valence electrons. The Balaban J connectivity index is 1.51. The van der Waals surface area contributed by atoms with Gasteiger partial charge in [-0.05, 0) is 48.7 Å². The normalized spacial score (nSPS) is 13.9. The molecule has 0 saturated carbocycles. The van der Waals surface area contributed by atoms with E-state index in [4.69, 9.17) is 9.47 Å². The van der Waals surface area contributed by atoms with Crippen molar-refractivity contribution in [3.05, 3.63) is 65.7 Å². The summed E-state index contributed by atoms with van der Waals surface area (Å²) in [4.78, 5) is 14.1. The number of hydrogen-bond donors (Lipinski definition) is 0. The summed E-state index contributed by atoms with van der Waals surface area (Å²) in [7, 11) is 0. The van der Waals surface area contributed by atoms with E-state index in [9.17, 15) is 10.1 Å². The summed E-state index contributed by atoms with van der Waals surface area (Å²) in [5.41, 5.74) is 0.966. The summed E-state index contributed by atoms with van der Waals surface area (Å²) in [5.74, 6) is 1.34. The fraction of sp³-hybridized carbons (Fsp3) is 0.273. The fourth-order valence-corrected chi connectivity index (χ4v) is 2.90. The third-order valence-corrected chi connectivity index (χ3v) is 4.30. The maximum Gasteiger partial charge on any atom is 0.264 e. The van der Waals surface area contributed by atoms with Crippen molar-refractivity contribution in [3.8, 4) is 17.6 Å². The summed E-state index contributed by atoms with van der Waals surface area (Å²) >= 11 is 0. The highest BCUT2D eigenvalue weighted by Crippen LogP contribution is 2.17. The van der Waals surface area contributed by atoms with Gasteiger partial charge in [-0.1, -0.05) is 30.3 Å². The van der Waals surface area contributed by atoms with Crippen molar-refractivity contribution >= 4 is 12.0 Å². The van der Waals surface area contributed by atoms with Crippen LogP contribution in [0.4, 0.5) is 0 Å². The molecule has 5 nitrogen and oxygen atoms in total. The summed E-state index contributed by atoms with van der Waals surface area (Å²) in [6, 6.07) is 18.9. The van der Waals surface area contributed by atoms with Crippen LogP contribution < -0.4 is 9.47 Å². The van der Waals surface area contributed by atoms with Crippen LogP contribution in [0.1, 0.15) is 18.4 Å². The number of hydrogen-bond acceptors (Lipinski definition) is 4. The van der Waals surface area contributed by atoms with Crippen LogP contribution in [-0.4, -0.2) is 37.1 Å². The van der Waals surface area contributed by atoms with Gasteiger partial charge in [0.15, 0.2) is 0 Å². The maximum absolute atomic E-state index is 12.3. The molecule has 1 amide bonds. The van der Waals surface area contributed by atoms with Crippen LogP contribution >= 0.6 is 0 Å². The van der Waals surface area contributed by atoms with Gasteiger partial charge in [-0.3, -0.25) is 4.79 Å². The van der Waals surface area contributed by atoms with Gasteiger partial charge in [-0.2, -0.15) is 5.26 Å². The van der Waals surface area contributed by atoms with Gasteiger partial charge in [0.05, 0.1) is 0 Å². The van der Waals surface area contributed by atoms with E-state index in [-0.39, 0.29) is 11.5 Å². The molecule has 0 N–H and O–H groups in total. The molecule has 5 heteroatoms. The Kier molecular flexibility index (Phi) is 6.48. The molecular formula is C22H22N2O3. The Morgan fingerprint density at radius 3 is 2.15 bits per heavy atom. The highest BCUT2D eigenvalue weighted by atomic mass is 16.5. The van der Waals surface area contributed by atoms with Gasteiger partial charge in [-0.15, -0.1) is 0 Å². The molecule has 0 bridgehead atoms. The lowest BCUT2D eigenvalue weighted by molar-refractivity contribution is -0.125. The van der Waals surface area contributed by atoms with Gasteiger partial charge < -0.3 is 14.4 Å². The summed E-state index contributed by atoms with van der Waals surface area (Å²) < 4.78 is 11.2. The van der Waals surface area contributed by atoms with Gasteiger partial charge in [0.1, 0.15) is 36.4 Å². The summed E-state index contributed by atoms with van der Waals surface area (Å²) in [5, 5.41) is 9.31. The second-order valence-electron chi connectivity index (χ2n) is 6.25. The average molecular weight is 362 g/mol. The molecule has 27 heavy (non-hydrogen) atoms. The van der Waals surface area contributed by atoms with Crippen LogP contribution in [0.25, 0.3) is 6.08 Å². The summed E-state index contributed by atoms with van der Waals surface area (Å²) in [6.07, 6.45) is 3.64. The molecule has 1 heterocycles. The lowest BCUT2D eigenvalue weighted by atomic mass is 10.1. The zero-order chi connectivity index (χ0) is 18.9. The minimum Gasteiger partial charge on any atom is -0.490 e. The molecule has 3 rings (SSSR count). The predicted octanol–water partition coefficient (Wildman–Crippen LogP) is 3.67. The molecule has 1 aliphatic heterocycles. The average Bonchev–Trinajstić information content (AvgIpc) is 3.25. The summed E-state index contributed by atoms with van der Waals surface area (Å²) in [6.45, 7) is 2.35. The number of nitrogens with zero attached hydrogens (tertiary/aromatic N) is 2. The Morgan fingerprint density at radius 2 is 1.56 bits per heavy atom. The number of amides is 1. The van der Waals surface area contributed by atoms with Crippen molar-refractivity contribution in [1.29, 1.82) is 5.26 Å². The molecule has 1 saturated heterocycles. The molecule has 0 atom stereocenters. The van der Waals surface area contributed by atoms with Crippen molar-refractivity contribution < 1.29 is 14.3 Å². The lowest BCUT2D eigenvalue weighted by Gasteiger charge is -2.14. The van der Waals surface area contributed by atoms with Crippen LogP contribution in [0.5, 0.6) is 11.5 Å². The van der Waals surface area contributed by atoms with E-state index in [1.807, 2.05) is 60.7 Å². The van der Waals surface area contributed by atoms with E-state index in [0.717, 1.165) is 37.2 Å². The zero-order valence-electron chi connectivity index (χ0n) is 15.1. The standard InChI is InChI=1S/C22H22N2O3/c23-17-19(22(25)24-12-4-5-13-24)16-18-8-10-21(11-9-18)27-15-14-26-20-6-2-1-3-7-20/h1-3,6-11,16H,4-5,12-15H2. The van der Waals surface area contributed by atoms with E-state index in [1.165, 1.54) is 0 Å². The van der Waals surface area contributed by atoms with Crippen molar-refractivity contribution in [2.24, 2.45) is 0 Å². The number of nitriles is 1. The first-order chi connectivity index (χ1) is 13.3. The van der Waals surface area contributed by atoms with Crippen LogP contribution in [-0.2, 0) is 4.79 Å². The Morgan fingerprint density at radius 1 is 0.963 bits per heavy atom. The monoisotopic (exact) mass is 362 g/mol. The first-order valence-corrected chi connectivity index (χ1v) is 9.08. The van der Waals surface area contributed by atoms with Crippen LogP contribution in [0, 0.1) is 11.3 Å².